The van der Waals surface area contributed by atoms with Crippen LogP contribution in [0, 0.1) is 5.92 Å². The van der Waals surface area contributed by atoms with Gasteiger partial charge in [0.15, 0.2) is 0 Å². The van der Waals surface area contributed by atoms with Crippen molar-refractivity contribution in [3.05, 3.63) is 0 Å². The zero-order valence-electron chi connectivity index (χ0n) is 22.7. The molecule has 0 spiro atoms. The first-order valence-corrected chi connectivity index (χ1v) is 22.0. The van der Waals surface area contributed by atoms with Gasteiger partial charge in [-0.15, -0.1) is 0 Å². The van der Waals surface area contributed by atoms with Crippen molar-refractivity contribution < 1.29 is 3.07 Å². The van der Waals surface area contributed by atoms with Crippen LogP contribution in [-0.4, -0.2) is 25.4 Å². The predicted molar refractivity (Wildman–Crippen MR) is 146 cm³/mol. The summed E-state index contributed by atoms with van der Waals surface area (Å²) in [6.45, 7) is 12.8. The third kappa shape index (κ3) is 21.1. The standard InChI is InChI=1S/3C8H17.C5H11O.Sn/c3*1-3-5-7-8-6-4-2;1-5(2)3-4-6;/h3*1,3-8H2,2H3;5H,3-4H2,1-2H3;/q;;;-1;+1. The Hall–Kier alpha value is 0.759. The van der Waals surface area contributed by atoms with Gasteiger partial charge < -0.3 is 0 Å². The SMILES string of the molecule is CCCCCCC[CH2][Sn]([CH2]CCCCCCC)([CH2]CCCCCCC)[O]CCC(C)C. The fourth-order valence-electron chi connectivity index (χ4n) is 4.79. The molecular formula is C29H62OSn. The molecule has 0 amide bonds. The summed E-state index contributed by atoms with van der Waals surface area (Å²) in [5, 5.41) is 0. The van der Waals surface area contributed by atoms with E-state index < -0.39 is 18.8 Å². The fraction of sp³-hybridized carbons (Fsp3) is 1.00. The van der Waals surface area contributed by atoms with Gasteiger partial charge in [0.05, 0.1) is 0 Å². The molecule has 0 fully saturated rings. The molecule has 0 aliphatic heterocycles. The molecule has 0 aromatic carbocycles. The molecule has 2 heteroatoms. The third-order valence-corrected chi connectivity index (χ3v) is 20.2. The second-order valence-corrected chi connectivity index (χ2v) is 22.6. The first kappa shape index (κ1) is 31.8. The average Bonchev–Trinajstić information content (AvgIpc) is 2.75. The zero-order chi connectivity index (χ0) is 23.0. The molecule has 0 saturated heterocycles. The van der Waals surface area contributed by atoms with E-state index in [0.29, 0.717) is 0 Å². The second-order valence-electron chi connectivity index (χ2n) is 10.8. The molecule has 0 unspecified atom stereocenters. The van der Waals surface area contributed by atoms with Crippen molar-refractivity contribution in [2.45, 2.75) is 170 Å². The quantitative estimate of drug-likeness (QED) is 0.0819. The Kier molecular flexibility index (Phi) is 24.5. The minimum atomic E-state index is -2.46. The van der Waals surface area contributed by atoms with E-state index in [-0.39, 0.29) is 0 Å². The average molecular weight is 546 g/mol. The summed E-state index contributed by atoms with van der Waals surface area (Å²) in [5.41, 5.74) is 0. The summed E-state index contributed by atoms with van der Waals surface area (Å²) < 4.78 is 11.6. The molecule has 0 atom stereocenters. The van der Waals surface area contributed by atoms with E-state index in [1.807, 2.05) is 0 Å². The third-order valence-electron chi connectivity index (χ3n) is 7.06. The Bertz CT molecular complexity index is 301. The van der Waals surface area contributed by atoms with Gasteiger partial charge in [0.25, 0.3) is 0 Å². The molecule has 0 rings (SSSR count). The summed E-state index contributed by atoms with van der Waals surface area (Å²) in [5.74, 6) is 0.779. The van der Waals surface area contributed by atoms with Crippen LogP contribution in [0.2, 0.25) is 13.3 Å². The van der Waals surface area contributed by atoms with Crippen LogP contribution in [0.3, 0.4) is 0 Å². The Morgan fingerprint density at radius 2 is 0.806 bits per heavy atom. The molecule has 31 heavy (non-hydrogen) atoms. The van der Waals surface area contributed by atoms with E-state index >= 15 is 0 Å². The molecule has 1 nitrogen and oxygen atoms in total. The molecule has 0 saturated carbocycles. The Labute approximate surface area is 203 Å². The van der Waals surface area contributed by atoms with E-state index in [9.17, 15) is 0 Å². The van der Waals surface area contributed by atoms with Crippen LogP contribution in [0.25, 0.3) is 0 Å². The molecule has 0 aliphatic carbocycles. The van der Waals surface area contributed by atoms with Gasteiger partial charge in [-0.25, -0.2) is 0 Å². The van der Waals surface area contributed by atoms with E-state index in [0.717, 1.165) is 12.5 Å². The first-order chi connectivity index (χ1) is 15.1. The molecule has 0 aromatic heterocycles. The summed E-state index contributed by atoms with van der Waals surface area (Å²) in [6.07, 6.45) is 27.1. The summed E-state index contributed by atoms with van der Waals surface area (Å²) in [7, 11) is 0. The summed E-state index contributed by atoms with van der Waals surface area (Å²) in [4.78, 5) is 0. The fourth-order valence-corrected chi connectivity index (χ4v) is 17.4. The number of hydrogen-bond acceptors (Lipinski definition) is 1. The molecule has 188 valence electrons. The van der Waals surface area contributed by atoms with Crippen molar-refractivity contribution in [1.29, 1.82) is 0 Å². The van der Waals surface area contributed by atoms with Crippen molar-refractivity contribution >= 4 is 18.8 Å². The number of unbranched alkanes of at least 4 members (excludes halogenated alkanes) is 15. The Balaban J connectivity index is 4.72. The van der Waals surface area contributed by atoms with E-state index in [4.69, 9.17) is 3.07 Å². The Morgan fingerprint density at radius 1 is 0.484 bits per heavy atom. The van der Waals surface area contributed by atoms with Crippen molar-refractivity contribution in [2.75, 3.05) is 6.61 Å². The van der Waals surface area contributed by atoms with Crippen LogP contribution >= 0.6 is 0 Å². The van der Waals surface area contributed by atoms with E-state index in [1.165, 1.54) is 135 Å². The van der Waals surface area contributed by atoms with Gasteiger partial charge in [-0.2, -0.15) is 0 Å². The maximum atomic E-state index is 7.03. The van der Waals surface area contributed by atoms with Gasteiger partial charge in [-0.1, -0.05) is 0 Å². The van der Waals surface area contributed by atoms with E-state index in [1.54, 1.807) is 0 Å². The monoisotopic (exact) mass is 546 g/mol. The molecule has 0 aromatic rings. The summed E-state index contributed by atoms with van der Waals surface area (Å²) in [6, 6.07) is 0. The van der Waals surface area contributed by atoms with Gasteiger partial charge in [-0.3, -0.25) is 0 Å². The number of hydrogen-bond donors (Lipinski definition) is 0. The molecule has 0 aliphatic rings. The second kappa shape index (κ2) is 23.9. The molecule has 0 N–H and O–H groups in total. The molecule has 0 bridgehead atoms. The van der Waals surface area contributed by atoms with Crippen molar-refractivity contribution in [1.82, 2.24) is 0 Å². The van der Waals surface area contributed by atoms with Crippen LogP contribution < -0.4 is 0 Å². The Morgan fingerprint density at radius 3 is 1.13 bits per heavy atom. The van der Waals surface area contributed by atoms with Crippen LogP contribution in [0.1, 0.15) is 157 Å². The van der Waals surface area contributed by atoms with Crippen LogP contribution in [0.4, 0.5) is 0 Å². The van der Waals surface area contributed by atoms with Crippen molar-refractivity contribution in [2.24, 2.45) is 5.92 Å². The molecular weight excluding hydrogens is 483 g/mol. The summed E-state index contributed by atoms with van der Waals surface area (Å²) >= 11 is -2.46. The predicted octanol–water partition coefficient (Wildman–Crippen LogP) is 11.1. The zero-order valence-corrected chi connectivity index (χ0v) is 25.6. The molecule has 0 heterocycles. The number of rotatable bonds is 25. The van der Waals surface area contributed by atoms with Crippen LogP contribution in [0.5, 0.6) is 0 Å². The van der Waals surface area contributed by atoms with Crippen molar-refractivity contribution in [3.8, 4) is 0 Å². The van der Waals surface area contributed by atoms with E-state index in [2.05, 4.69) is 34.6 Å². The first-order valence-electron chi connectivity index (χ1n) is 14.7. The minimum absolute atomic E-state index is 0.779. The van der Waals surface area contributed by atoms with Gasteiger partial charge >= 0.3 is 204 Å². The van der Waals surface area contributed by atoms with Gasteiger partial charge in [0.1, 0.15) is 0 Å². The maximum absolute atomic E-state index is 7.03. The molecule has 0 radical (unpaired) electrons. The van der Waals surface area contributed by atoms with Gasteiger partial charge in [0.2, 0.25) is 0 Å². The topological polar surface area (TPSA) is 9.23 Å². The normalized spacial score (nSPS) is 12.2. The van der Waals surface area contributed by atoms with Crippen LogP contribution in [-0.2, 0) is 3.07 Å². The van der Waals surface area contributed by atoms with Crippen molar-refractivity contribution in [3.63, 3.8) is 0 Å². The van der Waals surface area contributed by atoms with Gasteiger partial charge in [-0.05, 0) is 0 Å². The van der Waals surface area contributed by atoms with Gasteiger partial charge in [0, 0.05) is 0 Å². The van der Waals surface area contributed by atoms with Crippen LogP contribution in [0.15, 0.2) is 0 Å².